The molecule has 0 radical (unpaired) electrons. The Bertz CT molecular complexity index is 653. The molecular formula is C19H20O2. The molecule has 3 rings (SSSR count). The maximum absolute atomic E-state index is 12.6. The molecule has 0 fully saturated rings. The van der Waals surface area contributed by atoms with Crippen molar-refractivity contribution in [2.75, 3.05) is 6.61 Å². The Kier molecular flexibility index (Phi) is 3.78. The van der Waals surface area contributed by atoms with Gasteiger partial charge < -0.3 is 4.74 Å². The lowest BCUT2D eigenvalue weighted by Crippen LogP contribution is -2.17. The Morgan fingerprint density at radius 1 is 1.14 bits per heavy atom. The summed E-state index contributed by atoms with van der Waals surface area (Å²) in [5.74, 6) is 1.42. The Morgan fingerprint density at radius 2 is 1.86 bits per heavy atom. The van der Waals surface area contributed by atoms with Gasteiger partial charge in [-0.2, -0.15) is 0 Å². The first-order valence-corrected chi connectivity index (χ1v) is 7.47. The lowest BCUT2D eigenvalue weighted by Gasteiger charge is -2.25. The van der Waals surface area contributed by atoms with Crippen molar-refractivity contribution in [3.8, 4) is 5.75 Å². The number of hydrogen-bond donors (Lipinski definition) is 0. The summed E-state index contributed by atoms with van der Waals surface area (Å²) in [6.45, 7) is 4.77. The standard InChI is InChI=1S/C19H20O2/c1-13-9-14(2)11-16(10-13)18(20)12-15-7-8-21-19-6-4-3-5-17(15)19/h3-6,9-11,15H,7-8,12H2,1-2H3. The molecule has 0 saturated heterocycles. The summed E-state index contributed by atoms with van der Waals surface area (Å²) < 4.78 is 5.67. The lowest BCUT2D eigenvalue weighted by atomic mass is 9.87. The van der Waals surface area contributed by atoms with Crippen LogP contribution in [-0.4, -0.2) is 12.4 Å². The van der Waals surface area contributed by atoms with E-state index >= 15 is 0 Å². The summed E-state index contributed by atoms with van der Waals surface area (Å²) >= 11 is 0. The van der Waals surface area contributed by atoms with Crippen molar-refractivity contribution < 1.29 is 9.53 Å². The molecule has 2 heteroatoms. The van der Waals surface area contributed by atoms with Crippen LogP contribution in [0, 0.1) is 13.8 Å². The molecule has 1 aliphatic rings. The van der Waals surface area contributed by atoms with Gasteiger partial charge in [0.15, 0.2) is 5.78 Å². The van der Waals surface area contributed by atoms with Crippen LogP contribution in [-0.2, 0) is 0 Å². The molecule has 0 amide bonds. The average molecular weight is 280 g/mol. The van der Waals surface area contributed by atoms with Crippen molar-refractivity contribution in [2.45, 2.75) is 32.6 Å². The molecule has 2 aromatic carbocycles. The van der Waals surface area contributed by atoms with Gasteiger partial charge >= 0.3 is 0 Å². The van der Waals surface area contributed by atoms with E-state index in [1.807, 2.05) is 44.2 Å². The Morgan fingerprint density at radius 3 is 2.62 bits per heavy atom. The topological polar surface area (TPSA) is 26.3 Å². The number of fused-ring (bicyclic) bond motifs is 1. The van der Waals surface area contributed by atoms with Crippen LogP contribution in [0.3, 0.4) is 0 Å². The number of Topliss-reactive ketones (excluding diaryl/α,β-unsaturated/α-hetero) is 1. The fraction of sp³-hybridized carbons (Fsp3) is 0.316. The second-order valence-electron chi connectivity index (χ2n) is 5.88. The van der Waals surface area contributed by atoms with Crippen LogP contribution in [0.2, 0.25) is 0 Å². The van der Waals surface area contributed by atoms with Crippen molar-refractivity contribution in [3.63, 3.8) is 0 Å². The molecule has 0 spiro atoms. The maximum atomic E-state index is 12.6. The van der Waals surface area contributed by atoms with E-state index in [1.54, 1.807) is 0 Å². The van der Waals surface area contributed by atoms with Crippen LogP contribution in [0.4, 0.5) is 0 Å². The van der Waals surface area contributed by atoms with Gasteiger partial charge in [0.2, 0.25) is 0 Å². The monoisotopic (exact) mass is 280 g/mol. The molecule has 1 heterocycles. The van der Waals surface area contributed by atoms with Gasteiger partial charge in [-0.3, -0.25) is 4.79 Å². The van der Waals surface area contributed by atoms with E-state index in [4.69, 9.17) is 4.74 Å². The van der Waals surface area contributed by atoms with Gasteiger partial charge in [-0.15, -0.1) is 0 Å². The first-order chi connectivity index (χ1) is 10.1. The predicted octanol–water partition coefficient (Wildman–Crippen LogP) is 4.44. The molecule has 1 aliphatic heterocycles. The number of aryl methyl sites for hydroxylation is 2. The first-order valence-electron chi connectivity index (χ1n) is 7.47. The normalized spacial score (nSPS) is 17.0. The predicted molar refractivity (Wildman–Crippen MR) is 84.2 cm³/mol. The highest BCUT2D eigenvalue weighted by molar-refractivity contribution is 5.97. The fourth-order valence-corrected chi connectivity index (χ4v) is 3.11. The minimum Gasteiger partial charge on any atom is -0.493 e. The van der Waals surface area contributed by atoms with Gasteiger partial charge in [-0.1, -0.05) is 35.4 Å². The average Bonchev–Trinajstić information content (AvgIpc) is 2.46. The van der Waals surface area contributed by atoms with Gasteiger partial charge in [-0.25, -0.2) is 0 Å². The third kappa shape index (κ3) is 2.99. The maximum Gasteiger partial charge on any atom is 0.163 e. The quantitative estimate of drug-likeness (QED) is 0.777. The van der Waals surface area contributed by atoms with E-state index < -0.39 is 0 Å². The SMILES string of the molecule is Cc1cc(C)cc(C(=O)CC2CCOc3ccccc32)c1. The molecule has 21 heavy (non-hydrogen) atoms. The lowest BCUT2D eigenvalue weighted by molar-refractivity contribution is 0.0965. The Labute approximate surface area is 125 Å². The van der Waals surface area contributed by atoms with E-state index in [9.17, 15) is 4.79 Å². The van der Waals surface area contributed by atoms with E-state index in [0.717, 1.165) is 28.9 Å². The largest absolute Gasteiger partial charge is 0.493 e. The van der Waals surface area contributed by atoms with Gasteiger partial charge in [0.1, 0.15) is 5.75 Å². The second kappa shape index (κ2) is 5.72. The van der Waals surface area contributed by atoms with Crippen molar-refractivity contribution >= 4 is 5.78 Å². The number of benzene rings is 2. The molecule has 0 N–H and O–H groups in total. The summed E-state index contributed by atoms with van der Waals surface area (Å²) in [4.78, 5) is 12.6. The number of para-hydroxylation sites is 1. The molecule has 1 unspecified atom stereocenters. The number of carbonyl (C=O) groups is 1. The van der Waals surface area contributed by atoms with Gasteiger partial charge in [0.05, 0.1) is 6.61 Å². The molecule has 0 saturated carbocycles. The van der Waals surface area contributed by atoms with Crippen molar-refractivity contribution in [1.82, 2.24) is 0 Å². The zero-order chi connectivity index (χ0) is 14.8. The molecule has 1 atom stereocenters. The molecule has 0 aromatic heterocycles. The molecular weight excluding hydrogens is 260 g/mol. The summed E-state index contributed by atoms with van der Waals surface area (Å²) in [5.41, 5.74) is 4.29. The van der Waals surface area contributed by atoms with E-state index in [0.29, 0.717) is 13.0 Å². The molecule has 0 bridgehead atoms. The summed E-state index contributed by atoms with van der Waals surface area (Å²) in [6.07, 6.45) is 1.47. The number of ether oxygens (including phenoxy) is 1. The first kappa shape index (κ1) is 13.9. The number of hydrogen-bond acceptors (Lipinski definition) is 2. The van der Waals surface area contributed by atoms with E-state index in [2.05, 4.69) is 12.1 Å². The highest BCUT2D eigenvalue weighted by Crippen LogP contribution is 2.36. The van der Waals surface area contributed by atoms with Crippen LogP contribution in [0.25, 0.3) is 0 Å². The zero-order valence-corrected chi connectivity index (χ0v) is 12.6. The van der Waals surface area contributed by atoms with E-state index in [-0.39, 0.29) is 11.7 Å². The fourth-order valence-electron chi connectivity index (χ4n) is 3.11. The smallest absolute Gasteiger partial charge is 0.163 e. The summed E-state index contributed by atoms with van der Waals surface area (Å²) in [7, 11) is 0. The van der Waals surface area contributed by atoms with Crippen LogP contribution in [0.1, 0.15) is 45.8 Å². The third-order valence-corrected chi connectivity index (χ3v) is 4.06. The third-order valence-electron chi connectivity index (χ3n) is 4.06. The van der Waals surface area contributed by atoms with Crippen LogP contribution in [0.15, 0.2) is 42.5 Å². The molecule has 2 aromatic rings. The van der Waals surface area contributed by atoms with Crippen LogP contribution >= 0.6 is 0 Å². The number of carbonyl (C=O) groups excluding carboxylic acids is 1. The van der Waals surface area contributed by atoms with Crippen LogP contribution < -0.4 is 4.74 Å². The highest BCUT2D eigenvalue weighted by atomic mass is 16.5. The molecule has 108 valence electrons. The Balaban J connectivity index is 1.82. The minimum absolute atomic E-state index is 0.225. The van der Waals surface area contributed by atoms with Gasteiger partial charge in [-0.05, 0) is 49.9 Å². The summed E-state index contributed by atoms with van der Waals surface area (Å²) in [6, 6.07) is 14.1. The molecule has 2 nitrogen and oxygen atoms in total. The zero-order valence-electron chi connectivity index (χ0n) is 12.6. The summed E-state index contributed by atoms with van der Waals surface area (Å²) in [5, 5.41) is 0. The van der Waals surface area contributed by atoms with Crippen molar-refractivity contribution in [1.29, 1.82) is 0 Å². The Hall–Kier alpha value is -2.09. The highest BCUT2D eigenvalue weighted by Gasteiger charge is 2.24. The minimum atomic E-state index is 0.225. The second-order valence-corrected chi connectivity index (χ2v) is 5.88. The van der Waals surface area contributed by atoms with Gasteiger partial charge in [0.25, 0.3) is 0 Å². The molecule has 0 aliphatic carbocycles. The van der Waals surface area contributed by atoms with Gasteiger partial charge in [0, 0.05) is 12.0 Å². The number of rotatable bonds is 3. The van der Waals surface area contributed by atoms with Crippen molar-refractivity contribution in [3.05, 3.63) is 64.7 Å². The van der Waals surface area contributed by atoms with Crippen LogP contribution in [0.5, 0.6) is 5.75 Å². The van der Waals surface area contributed by atoms with E-state index in [1.165, 1.54) is 5.56 Å². The number of ketones is 1. The van der Waals surface area contributed by atoms with Crippen molar-refractivity contribution in [2.24, 2.45) is 0 Å².